The first kappa shape index (κ1) is 17.1. The highest BCUT2D eigenvalue weighted by Crippen LogP contribution is 2.28. The minimum atomic E-state index is -0.0972. The highest BCUT2D eigenvalue weighted by atomic mass is 16.5. The predicted octanol–water partition coefficient (Wildman–Crippen LogP) is 2.44. The minimum Gasteiger partial charge on any atom is -0.368 e. The summed E-state index contributed by atoms with van der Waals surface area (Å²) >= 11 is 0. The summed E-state index contributed by atoms with van der Waals surface area (Å²) in [7, 11) is 0. The average Bonchev–Trinajstić information content (AvgIpc) is 3.19. The van der Waals surface area contributed by atoms with Crippen molar-refractivity contribution in [3.05, 3.63) is 53.7 Å². The lowest BCUT2D eigenvalue weighted by molar-refractivity contribution is 0.0694. The lowest BCUT2D eigenvalue weighted by Gasteiger charge is -2.31. The molecular formula is C19H20N6O2. The Balaban J connectivity index is 1.51. The molecule has 0 spiro atoms. The van der Waals surface area contributed by atoms with Crippen LogP contribution in [0.5, 0.6) is 0 Å². The predicted molar refractivity (Wildman–Crippen MR) is 98.8 cm³/mol. The number of nitrogens with two attached hydrogens (primary N) is 1. The first-order chi connectivity index (χ1) is 13.1. The largest absolute Gasteiger partial charge is 0.368 e. The van der Waals surface area contributed by atoms with Crippen LogP contribution in [0.25, 0.3) is 11.4 Å². The molecule has 1 aromatic carbocycles. The van der Waals surface area contributed by atoms with E-state index in [0.717, 1.165) is 18.4 Å². The Kier molecular flexibility index (Phi) is 4.53. The van der Waals surface area contributed by atoms with Crippen molar-refractivity contribution in [2.24, 2.45) is 0 Å². The van der Waals surface area contributed by atoms with Crippen LogP contribution in [0.4, 0.5) is 5.95 Å². The molecule has 2 N–H and O–H groups in total. The molecule has 1 atom stereocenters. The molecule has 1 amide bonds. The van der Waals surface area contributed by atoms with E-state index in [4.69, 9.17) is 10.3 Å². The number of piperidine rings is 1. The highest BCUT2D eigenvalue weighted by Gasteiger charge is 2.30. The Labute approximate surface area is 156 Å². The summed E-state index contributed by atoms with van der Waals surface area (Å²) in [6.07, 6.45) is 3.26. The summed E-state index contributed by atoms with van der Waals surface area (Å²) in [5, 5.41) is 4.09. The number of rotatable bonds is 3. The van der Waals surface area contributed by atoms with Crippen LogP contribution in [-0.2, 0) is 0 Å². The van der Waals surface area contributed by atoms with Crippen molar-refractivity contribution < 1.29 is 9.32 Å². The summed E-state index contributed by atoms with van der Waals surface area (Å²) in [6, 6.07) is 9.69. The zero-order valence-corrected chi connectivity index (χ0v) is 15.0. The van der Waals surface area contributed by atoms with Crippen LogP contribution in [0.1, 0.15) is 40.7 Å². The fourth-order valence-corrected chi connectivity index (χ4v) is 3.33. The molecule has 0 aliphatic carbocycles. The van der Waals surface area contributed by atoms with Crippen LogP contribution in [0.2, 0.25) is 0 Å². The molecule has 138 valence electrons. The fraction of sp³-hybridized carbons (Fsp3) is 0.316. The second-order valence-corrected chi connectivity index (χ2v) is 6.64. The lowest BCUT2D eigenvalue weighted by Crippen LogP contribution is -2.39. The van der Waals surface area contributed by atoms with Gasteiger partial charge in [0, 0.05) is 24.8 Å². The van der Waals surface area contributed by atoms with E-state index in [0.29, 0.717) is 36.1 Å². The van der Waals surface area contributed by atoms with Gasteiger partial charge in [-0.2, -0.15) is 4.98 Å². The van der Waals surface area contributed by atoms with E-state index in [1.165, 1.54) is 6.20 Å². The Bertz CT molecular complexity index is 956. The maximum Gasteiger partial charge on any atom is 0.257 e. The summed E-state index contributed by atoms with van der Waals surface area (Å²) in [4.78, 5) is 27.2. The number of nitrogen functional groups attached to an aromatic ring is 1. The number of likely N-dealkylation sites (tertiary alicyclic amines) is 1. The molecular weight excluding hydrogens is 344 g/mol. The normalized spacial score (nSPS) is 17.1. The van der Waals surface area contributed by atoms with Crippen molar-refractivity contribution in [3.63, 3.8) is 0 Å². The molecule has 4 rings (SSSR count). The molecule has 2 aromatic heterocycles. The van der Waals surface area contributed by atoms with Gasteiger partial charge in [-0.1, -0.05) is 35.5 Å². The molecule has 0 unspecified atom stereocenters. The molecule has 1 aliphatic rings. The van der Waals surface area contributed by atoms with Gasteiger partial charge in [0.25, 0.3) is 5.91 Å². The van der Waals surface area contributed by atoms with Crippen LogP contribution in [-0.4, -0.2) is 44.0 Å². The van der Waals surface area contributed by atoms with Gasteiger partial charge in [-0.05, 0) is 19.8 Å². The van der Waals surface area contributed by atoms with Gasteiger partial charge in [0.05, 0.1) is 17.2 Å². The molecule has 3 aromatic rings. The van der Waals surface area contributed by atoms with Crippen LogP contribution in [0.3, 0.4) is 0 Å². The highest BCUT2D eigenvalue weighted by molar-refractivity contribution is 5.95. The first-order valence-electron chi connectivity index (χ1n) is 8.89. The van der Waals surface area contributed by atoms with Crippen LogP contribution in [0.15, 0.2) is 41.1 Å². The second-order valence-electron chi connectivity index (χ2n) is 6.64. The van der Waals surface area contributed by atoms with Gasteiger partial charge >= 0.3 is 0 Å². The number of benzene rings is 1. The molecule has 1 saturated heterocycles. The number of hydrogen-bond acceptors (Lipinski definition) is 7. The number of aryl methyl sites for hydroxylation is 1. The van der Waals surface area contributed by atoms with E-state index in [9.17, 15) is 4.79 Å². The zero-order valence-electron chi connectivity index (χ0n) is 15.0. The van der Waals surface area contributed by atoms with Crippen molar-refractivity contribution in [1.29, 1.82) is 0 Å². The first-order valence-corrected chi connectivity index (χ1v) is 8.89. The molecule has 0 saturated carbocycles. The molecule has 0 radical (unpaired) electrons. The summed E-state index contributed by atoms with van der Waals surface area (Å²) in [5.41, 5.74) is 7.54. The van der Waals surface area contributed by atoms with Crippen molar-refractivity contribution in [2.75, 3.05) is 18.8 Å². The van der Waals surface area contributed by atoms with E-state index in [1.54, 1.807) is 11.8 Å². The molecule has 3 heterocycles. The molecule has 27 heavy (non-hydrogen) atoms. The Morgan fingerprint density at radius 1 is 1.26 bits per heavy atom. The monoisotopic (exact) mass is 364 g/mol. The third kappa shape index (κ3) is 3.51. The molecule has 8 heteroatoms. The Morgan fingerprint density at radius 3 is 2.85 bits per heavy atom. The standard InChI is InChI=1S/C19H20N6O2/c1-12-15(10-21-19(20)22-12)18(26)25-9-5-8-14(11-25)17-23-16(24-27-17)13-6-3-2-4-7-13/h2-4,6-7,10,14H,5,8-9,11H2,1H3,(H2,20,21,22)/t14-/m0/s1. The van der Waals surface area contributed by atoms with Gasteiger partial charge in [0.1, 0.15) is 0 Å². The van der Waals surface area contributed by atoms with Gasteiger partial charge in [-0.15, -0.1) is 0 Å². The van der Waals surface area contributed by atoms with Gasteiger partial charge in [-0.25, -0.2) is 9.97 Å². The van der Waals surface area contributed by atoms with E-state index in [-0.39, 0.29) is 17.8 Å². The van der Waals surface area contributed by atoms with Crippen molar-refractivity contribution in [2.45, 2.75) is 25.7 Å². The number of anilines is 1. The van der Waals surface area contributed by atoms with E-state index in [2.05, 4.69) is 20.1 Å². The van der Waals surface area contributed by atoms with Gasteiger partial charge in [-0.3, -0.25) is 4.79 Å². The maximum atomic E-state index is 12.9. The third-order valence-corrected chi connectivity index (χ3v) is 4.76. The summed E-state index contributed by atoms with van der Waals surface area (Å²) in [6.45, 7) is 2.97. The van der Waals surface area contributed by atoms with E-state index >= 15 is 0 Å². The zero-order chi connectivity index (χ0) is 18.8. The number of nitrogens with zero attached hydrogens (tertiary/aromatic N) is 5. The second kappa shape index (κ2) is 7.14. The number of aromatic nitrogens is 4. The smallest absolute Gasteiger partial charge is 0.257 e. The van der Waals surface area contributed by atoms with E-state index in [1.807, 2.05) is 30.3 Å². The number of hydrogen-bond donors (Lipinski definition) is 1. The topological polar surface area (TPSA) is 111 Å². The summed E-state index contributed by atoms with van der Waals surface area (Å²) < 4.78 is 5.49. The summed E-state index contributed by atoms with van der Waals surface area (Å²) in [5.74, 6) is 1.22. The lowest BCUT2D eigenvalue weighted by atomic mass is 9.97. The van der Waals surface area contributed by atoms with Crippen LogP contribution < -0.4 is 5.73 Å². The molecule has 1 aliphatic heterocycles. The Morgan fingerprint density at radius 2 is 2.07 bits per heavy atom. The molecule has 8 nitrogen and oxygen atoms in total. The van der Waals surface area contributed by atoms with E-state index < -0.39 is 0 Å². The SMILES string of the molecule is Cc1nc(N)ncc1C(=O)N1CCC[C@H](c2nc(-c3ccccc3)no2)C1. The fourth-order valence-electron chi connectivity index (χ4n) is 3.33. The third-order valence-electron chi connectivity index (χ3n) is 4.76. The van der Waals surface area contributed by atoms with Crippen molar-refractivity contribution in [1.82, 2.24) is 25.0 Å². The quantitative estimate of drug-likeness (QED) is 0.760. The van der Waals surface area contributed by atoms with Gasteiger partial charge in [0.15, 0.2) is 0 Å². The number of carbonyl (C=O) groups is 1. The maximum absolute atomic E-state index is 12.9. The van der Waals surface area contributed by atoms with Crippen molar-refractivity contribution in [3.8, 4) is 11.4 Å². The van der Waals surface area contributed by atoms with Crippen LogP contribution in [0, 0.1) is 6.92 Å². The minimum absolute atomic E-state index is 0.0164. The van der Waals surface area contributed by atoms with Gasteiger partial charge in [0.2, 0.25) is 17.7 Å². The number of carbonyl (C=O) groups excluding carboxylic acids is 1. The average molecular weight is 364 g/mol. The molecule has 0 bridgehead atoms. The molecule has 1 fully saturated rings. The van der Waals surface area contributed by atoms with Crippen molar-refractivity contribution >= 4 is 11.9 Å². The number of amides is 1. The Hall–Kier alpha value is -3.29. The van der Waals surface area contributed by atoms with Gasteiger partial charge < -0.3 is 15.2 Å². The van der Waals surface area contributed by atoms with Crippen LogP contribution >= 0.6 is 0 Å².